The van der Waals surface area contributed by atoms with Crippen LogP contribution in [0.5, 0.6) is 0 Å². The minimum atomic E-state index is 0.160. The molecule has 6 heteroatoms. The van der Waals surface area contributed by atoms with Crippen molar-refractivity contribution in [1.82, 2.24) is 19.9 Å². The molecular formula is C19H28N4O2. The standard InChI is InChI=1S/C19H28N4O2/c1-12(2)5-9-18-20-21-19(23(18)15-6-7-15)10-8-16(24)11-17-13(3)14(4)22-25-17/h12,15H,5-11H2,1-4H3. The third-order valence-electron chi connectivity index (χ3n) is 4.93. The number of hydrogen-bond acceptors (Lipinski definition) is 5. The average Bonchev–Trinajstić information content (AvgIpc) is 3.26. The average molecular weight is 344 g/mol. The van der Waals surface area contributed by atoms with Crippen LogP contribution >= 0.6 is 0 Å². The third kappa shape index (κ3) is 4.35. The molecule has 1 saturated carbocycles. The quantitative estimate of drug-likeness (QED) is 0.695. The van der Waals surface area contributed by atoms with E-state index in [0.29, 0.717) is 37.0 Å². The molecule has 1 aliphatic rings. The molecule has 0 atom stereocenters. The molecule has 0 spiro atoms. The summed E-state index contributed by atoms with van der Waals surface area (Å²) in [4.78, 5) is 12.3. The van der Waals surface area contributed by atoms with E-state index in [9.17, 15) is 4.79 Å². The highest BCUT2D eigenvalue weighted by atomic mass is 16.5. The van der Waals surface area contributed by atoms with Crippen LogP contribution in [0.1, 0.15) is 74.2 Å². The van der Waals surface area contributed by atoms with Crippen molar-refractivity contribution in [2.45, 2.75) is 78.7 Å². The summed E-state index contributed by atoms with van der Waals surface area (Å²) in [6.07, 6.45) is 5.91. The fourth-order valence-corrected chi connectivity index (χ4v) is 3.02. The molecule has 0 unspecified atom stereocenters. The predicted octanol–water partition coefficient (Wildman–Crippen LogP) is 3.55. The van der Waals surface area contributed by atoms with Crippen molar-refractivity contribution in [3.05, 3.63) is 28.7 Å². The summed E-state index contributed by atoms with van der Waals surface area (Å²) in [7, 11) is 0. The molecule has 6 nitrogen and oxygen atoms in total. The van der Waals surface area contributed by atoms with E-state index < -0.39 is 0 Å². The highest BCUT2D eigenvalue weighted by molar-refractivity contribution is 5.80. The molecule has 2 heterocycles. The molecule has 0 radical (unpaired) electrons. The summed E-state index contributed by atoms with van der Waals surface area (Å²) in [6.45, 7) is 8.29. The Kier molecular flexibility index (Phi) is 5.35. The highest BCUT2D eigenvalue weighted by Gasteiger charge is 2.29. The molecule has 2 aromatic rings. The lowest BCUT2D eigenvalue weighted by atomic mass is 10.1. The Balaban J connectivity index is 1.61. The summed E-state index contributed by atoms with van der Waals surface area (Å²) >= 11 is 0. The SMILES string of the molecule is Cc1noc(CC(=O)CCc2nnc(CCC(C)C)n2C2CC2)c1C. The number of hydrogen-bond donors (Lipinski definition) is 0. The molecule has 0 bridgehead atoms. The number of Topliss-reactive ketones (excluding diaryl/α,β-unsaturated/α-hetero) is 1. The molecule has 1 fully saturated rings. The maximum absolute atomic E-state index is 12.3. The molecular weight excluding hydrogens is 316 g/mol. The maximum atomic E-state index is 12.3. The van der Waals surface area contributed by atoms with E-state index in [4.69, 9.17) is 4.52 Å². The molecule has 0 amide bonds. The Labute approximate surface area is 149 Å². The summed E-state index contributed by atoms with van der Waals surface area (Å²) in [5.74, 6) is 3.54. The van der Waals surface area contributed by atoms with Gasteiger partial charge in [-0.3, -0.25) is 4.79 Å². The first-order valence-electron chi connectivity index (χ1n) is 9.31. The topological polar surface area (TPSA) is 73.8 Å². The Hall–Kier alpha value is -1.98. The Morgan fingerprint density at radius 2 is 1.88 bits per heavy atom. The maximum Gasteiger partial charge on any atom is 0.147 e. The van der Waals surface area contributed by atoms with Gasteiger partial charge in [-0.1, -0.05) is 19.0 Å². The zero-order chi connectivity index (χ0) is 18.0. The van der Waals surface area contributed by atoms with Crippen LogP contribution in [0.3, 0.4) is 0 Å². The van der Waals surface area contributed by atoms with Gasteiger partial charge in [0, 0.05) is 30.9 Å². The number of aryl methyl sites for hydroxylation is 3. The number of nitrogens with zero attached hydrogens (tertiary/aromatic N) is 4. The fraction of sp³-hybridized carbons (Fsp3) is 0.684. The van der Waals surface area contributed by atoms with Crippen molar-refractivity contribution in [2.24, 2.45) is 5.92 Å². The molecule has 1 aliphatic carbocycles. The van der Waals surface area contributed by atoms with Gasteiger partial charge in [0.1, 0.15) is 23.2 Å². The summed E-state index contributed by atoms with van der Waals surface area (Å²) < 4.78 is 7.54. The first kappa shape index (κ1) is 17.8. The molecule has 25 heavy (non-hydrogen) atoms. The first-order chi connectivity index (χ1) is 12.0. The van der Waals surface area contributed by atoms with Crippen LogP contribution in [0.4, 0.5) is 0 Å². The minimum Gasteiger partial charge on any atom is -0.360 e. The molecule has 3 rings (SSSR count). The molecule has 2 aromatic heterocycles. The monoisotopic (exact) mass is 344 g/mol. The summed E-state index contributed by atoms with van der Waals surface area (Å²) in [5.41, 5.74) is 1.83. The fourth-order valence-electron chi connectivity index (χ4n) is 3.02. The lowest BCUT2D eigenvalue weighted by Gasteiger charge is -2.10. The largest absolute Gasteiger partial charge is 0.360 e. The van der Waals surface area contributed by atoms with Gasteiger partial charge < -0.3 is 9.09 Å². The molecule has 0 aromatic carbocycles. The van der Waals surface area contributed by atoms with Crippen LogP contribution in [-0.2, 0) is 24.1 Å². The summed E-state index contributed by atoms with van der Waals surface area (Å²) in [6, 6.07) is 0.543. The van der Waals surface area contributed by atoms with Crippen LogP contribution in [0, 0.1) is 19.8 Å². The number of rotatable bonds is 9. The van der Waals surface area contributed by atoms with Crippen LogP contribution < -0.4 is 0 Å². The zero-order valence-electron chi connectivity index (χ0n) is 15.7. The lowest BCUT2D eigenvalue weighted by Crippen LogP contribution is -2.10. The van der Waals surface area contributed by atoms with E-state index in [1.165, 1.54) is 12.8 Å². The number of carbonyl (C=O) groups excluding carboxylic acids is 1. The van der Waals surface area contributed by atoms with Gasteiger partial charge in [0.2, 0.25) is 0 Å². The van der Waals surface area contributed by atoms with Gasteiger partial charge in [-0.15, -0.1) is 10.2 Å². The Bertz CT molecular complexity index is 741. The van der Waals surface area contributed by atoms with E-state index in [-0.39, 0.29) is 5.78 Å². The van der Waals surface area contributed by atoms with E-state index in [2.05, 4.69) is 33.8 Å². The number of carbonyl (C=O) groups is 1. The van der Waals surface area contributed by atoms with Gasteiger partial charge in [-0.25, -0.2) is 0 Å². The Morgan fingerprint density at radius 1 is 1.20 bits per heavy atom. The van der Waals surface area contributed by atoms with Gasteiger partial charge in [0.15, 0.2) is 0 Å². The molecule has 136 valence electrons. The highest BCUT2D eigenvalue weighted by Crippen LogP contribution is 2.37. The lowest BCUT2D eigenvalue weighted by molar-refractivity contribution is -0.118. The van der Waals surface area contributed by atoms with Gasteiger partial charge >= 0.3 is 0 Å². The predicted molar refractivity (Wildman–Crippen MR) is 94.5 cm³/mol. The van der Waals surface area contributed by atoms with Crippen molar-refractivity contribution >= 4 is 5.78 Å². The van der Waals surface area contributed by atoms with E-state index in [1.807, 2.05) is 13.8 Å². The molecule has 0 saturated heterocycles. The van der Waals surface area contributed by atoms with E-state index in [0.717, 1.165) is 35.7 Å². The number of ketones is 1. The second-order valence-corrected chi connectivity index (χ2v) is 7.60. The molecule has 0 aliphatic heterocycles. The van der Waals surface area contributed by atoms with Crippen LogP contribution in [0.25, 0.3) is 0 Å². The van der Waals surface area contributed by atoms with Crippen molar-refractivity contribution < 1.29 is 9.32 Å². The molecule has 0 N–H and O–H groups in total. The third-order valence-corrected chi connectivity index (χ3v) is 4.93. The second kappa shape index (κ2) is 7.50. The van der Waals surface area contributed by atoms with Gasteiger partial charge in [0.25, 0.3) is 0 Å². The second-order valence-electron chi connectivity index (χ2n) is 7.60. The van der Waals surface area contributed by atoms with Crippen molar-refractivity contribution in [1.29, 1.82) is 0 Å². The van der Waals surface area contributed by atoms with Gasteiger partial charge in [0.05, 0.1) is 12.1 Å². The van der Waals surface area contributed by atoms with Crippen molar-refractivity contribution in [3.8, 4) is 0 Å². The van der Waals surface area contributed by atoms with Crippen LogP contribution in [0.2, 0.25) is 0 Å². The van der Waals surface area contributed by atoms with Crippen molar-refractivity contribution in [3.63, 3.8) is 0 Å². The van der Waals surface area contributed by atoms with E-state index in [1.54, 1.807) is 0 Å². The van der Waals surface area contributed by atoms with Crippen LogP contribution in [0.15, 0.2) is 4.52 Å². The smallest absolute Gasteiger partial charge is 0.147 e. The minimum absolute atomic E-state index is 0.160. The van der Waals surface area contributed by atoms with Gasteiger partial charge in [-0.05, 0) is 39.0 Å². The van der Waals surface area contributed by atoms with Gasteiger partial charge in [-0.2, -0.15) is 0 Å². The summed E-state index contributed by atoms with van der Waals surface area (Å²) in [5, 5.41) is 12.7. The Morgan fingerprint density at radius 3 is 2.44 bits per heavy atom. The normalized spacial score (nSPS) is 14.4. The first-order valence-corrected chi connectivity index (χ1v) is 9.31. The van der Waals surface area contributed by atoms with Crippen LogP contribution in [-0.4, -0.2) is 25.7 Å². The zero-order valence-corrected chi connectivity index (χ0v) is 15.7. The van der Waals surface area contributed by atoms with Crippen molar-refractivity contribution in [2.75, 3.05) is 0 Å². The van der Waals surface area contributed by atoms with E-state index >= 15 is 0 Å². The number of aromatic nitrogens is 4.